The molecule has 1 aromatic heterocycles. The molecule has 21 heavy (non-hydrogen) atoms. The van der Waals surface area contributed by atoms with Gasteiger partial charge >= 0.3 is 5.97 Å². The van der Waals surface area contributed by atoms with Crippen molar-refractivity contribution in [2.45, 2.75) is 6.42 Å². The molecular weight excluding hydrogens is 274 g/mol. The quantitative estimate of drug-likeness (QED) is 0.838. The maximum atomic E-state index is 11.6. The molecular formula is C15H13NO5. The van der Waals surface area contributed by atoms with Gasteiger partial charge in [-0.1, -0.05) is 30.3 Å². The summed E-state index contributed by atoms with van der Waals surface area (Å²) >= 11 is 0. The number of hydrogen-bond donors (Lipinski definition) is 1. The van der Waals surface area contributed by atoms with Crippen LogP contribution in [-0.2, 0) is 20.7 Å². The van der Waals surface area contributed by atoms with Crippen molar-refractivity contribution in [2.24, 2.45) is 0 Å². The van der Waals surface area contributed by atoms with E-state index in [4.69, 9.17) is 9.15 Å². The average Bonchev–Trinajstić information content (AvgIpc) is 3.00. The fraction of sp³-hybridized carbons (Fsp3) is 0.133. The summed E-state index contributed by atoms with van der Waals surface area (Å²) in [5.74, 6) is -1.81. The van der Waals surface area contributed by atoms with E-state index in [1.165, 1.54) is 18.6 Å². The van der Waals surface area contributed by atoms with Crippen LogP contribution >= 0.6 is 0 Å². The Bertz CT molecular complexity index is 619. The maximum Gasteiger partial charge on any atom is 0.341 e. The SMILES string of the molecule is O=C(COC(=O)c1ccoc1)NC(=O)Cc1ccccc1. The van der Waals surface area contributed by atoms with Gasteiger partial charge in [-0.3, -0.25) is 14.9 Å². The van der Waals surface area contributed by atoms with Gasteiger partial charge in [-0.25, -0.2) is 4.79 Å². The highest BCUT2D eigenvalue weighted by molar-refractivity contribution is 5.98. The number of rotatable bonds is 5. The van der Waals surface area contributed by atoms with Crippen molar-refractivity contribution in [2.75, 3.05) is 6.61 Å². The molecule has 0 aliphatic rings. The first-order valence-electron chi connectivity index (χ1n) is 6.21. The van der Waals surface area contributed by atoms with Crippen LogP contribution in [0.25, 0.3) is 0 Å². The van der Waals surface area contributed by atoms with E-state index in [9.17, 15) is 14.4 Å². The summed E-state index contributed by atoms with van der Waals surface area (Å²) in [5.41, 5.74) is 0.997. The maximum absolute atomic E-state index is 11.6. The number of amides is 2. The summed E-state index contributed by atoms with van der Waals surface area (Å²) < 4.78 is 9.45. The Kier molecular flexibility index (Phi) is 4.87. The van der Waals surface area contributed by atoms with E-state index in [-0.39, 0.29) is 12.0 Å². The van der Waals surface area contributed by atoms with Crippen molar-refractivity contribution in [3.63, 3.8) is 0 Å². The minimum absolute atomic E-state index is 0.0856. The second-order valence-corrected chi connectivity index (χ2v) is 4.22. The first-order valence-corrected chi connectivity index (χ1v) is 6.21. The molecule has 2 aromatic rings. The van der Waals surface area contributed by atoms with E-state index in [0.29, 0.717) is 0 Å². The molecule has 1 N–H and O–H groups in total. The Morgan fingerprint density at radius 1 is 1.05 bits per heavy atom. The van der Waals surface area contributed by atoms with Gasteiger partial charge in [-0.05, 0) is 11.6 Å². The van der Waals surface area contributed by atoms with Gasteiger partial charge in [0.25, 0.3) is 5.91 Å². The fourth-order valence-electron chi connectivity index (χ4n) is 1.61. The lowest BCUT2D eigenvalue weighted by atomic mass is 10.1. The van der Waals surface area contributed by atoms with Gasteiger partial charge in [0.2, 0.25) is 5.91 Å². The van der Waals surface area contributed by atoms with Crippen LogP contribution in [0.5, 0.6) is 0 Å². The van der Waals surface area contributed by atoms with E-state index < -0.39 is 24.4 Å². The largest absolute Gasteiger partial charge is 0.472 e. The van der Waals surface area contributed by atoms with E-state index in [1.54, 1.807) is 24.3 Å². The molecule has 1 aromatic carbocycles. The third-order valence-electron chi connectivity index (χ3n) is 2.58. The lowest BCUT2D eigenvalue weighted by Crippen LogP contribution is -2.35. The predicted octanol–water partition coefficient (Wildman–Crippen LogP) is 1.32. The minimum atomic E-state index is -0.686. The van der Waals surface area contributed by atoms with Gasteiger partial charge in [0, 0.05) is 0 Å². The van der Waals surface area contributed by atoms with Crippen LogP contribution in [0.15, 0.2) is 53.3 Å². The second-order valence-electron chi connectivity index (χ2n) is 4.22. The fourth-order valence-corrected chi connectivity index (χ4v) is 1.61. The van der Waals surface area contributed by atoms with Crippen molar-refractivity contribution in [1.29, 1.82) is 0 Å². The Morgan fingerprint density at radius 3 is 2.48 bits per heavy atom. The smallest absolute Gasteiger partial charge is 0.341 e. The highest BCUT2D eigenvalue weighted by atomic mass is 16.5. The molecule has 0 atom stereocenters. The van der Waals surface area contributed by atoms with Crippen molar-refractivity contribution in [3.8, 4) is 0 Å². The van der Waals surface area contributed by atoms with Crippen LogP contribution in [-0.4, -0.2) is 24.4 Å². The third-order valence-corrected chi connectivity index (χ3v) is 2.58. The molecule has 6 heteroatoms. The Labute approximate surface area is 120 Å². The average molecular weight is 287 g/mol. The van der Waals surface area contributed by atoms with Gasteiger partial charge in [-0.15, -0.1) is 0 Å². The Hall–Kier alpha value is -2.89. The number of nitrogens with one attached hydrogen (secondary N) is 1. The summed E-state index contributed by atoms with van der Waals surface area (Å²) in [6, 6.07) is 10.4. The summed E-state index contributed by atoms with van der Waals surface area (Å²) in [6.45, 7) is -0.523. The Balaban J connectivity index is 1.74. The van der Waals surface area contributed by atoms with Gasteiger partial charge in [0.15, 0.2) is 6.61 Å². The normalized spacial score (nSPS) is 9.90. The molecule has 0 spiro atoms. The first kappa shape index (κ1) is 14.5. The molecule has 0 bridgehead atoms. The number of carbonyl (C=O) groups is 3. The highest BCUT2D eigenvalue weighted by Crippen LogP contribution is 2.02. The topological polar surface area (TPSA) is 85.6 Å². The Morgan fingerprint density at radius 2 is 1.81 bits per heavy atom. The summed E-state index contributed by atoms with van der Waals surface area (Å²) in [7, 11) is 0. The highest BCUT2D eigenvalue weighted by Gasteiger charge is 2.13. The second kappa shape index (κ2) is 7.04. The predicted molar refractivity (Wildman–Crippen MR) is 72.3 cm³/mol. The number of esters is 1. The summed E-state index contributed by atoms with van der Waals surface area (Å²) in [5, 5.41) is 2.15. The van der Waals surface area contributed by atoms with Crippen LogP contribution in [0.3, 0.4) is 0 Å². The molecule has 0 saturated heterocycles. The summed E-state index contributed by atoms with van der Waals surface area (Å²) in [4.78, 5) is 34.5. The van der Waals surface area contributed by atoms with Gasteiger partial charge in [0.1, 0.15) is 6.26 Å². The molecule has 108 valence electrons. The minimum Gasteiger partial charge on any atom is -0.472 e. The molecule has 0 aliphatic carbocycles. The van der Waals surface area contributed by atoms with Crippen molar-refractivity contribution < 1.29 is 23.5 Å². The number of hydrogen-bond acceptors (Lipinski definition) is 5. The molecule has 0 aliphatic heterocycles. The molecule has 2 amide bonds. The molecule has 1 heterocycles. The van der Waals surface area contributed by atoms with Crippen LogP contribution in [0.1, 0.15) is 15.9 Å². The monoisotopic (exact) mass is 287 g/mol. The molecule has 0 unspecified atom stereocenters. The molecule has 2 rings (SSSR count). The molecule has 0 radical (unpaired) electrons. The van der Waals surface area contributed by atoms with Crippen LogP contribution in [0.4, 0.5) is 0 Å². The van der Waals surface area contributed by atoms with Gasteiger partial charge in [0.05, 0.1) is 18.2 Å². The number of ether oxygens (including phenoxy) is 1. The number of imide groups is 1. The molecule has 6 nitrogen and oxygen atoms in total. The summed E-state index contributed by atoms with van der Waals surface area (Å²) in [6.07, 6.45) is 2.61. The molecule has 0 saturated carbocycles. The zero-order valence-corrected chi connectivity index (χ0v) is 11.1. The van der Waals surface area contributed by atoms with Crippen molar-refractivity contribution >= 4 is 17.8 Å². The molecule has 0 fully saturated rings. The number of benzene rings is 1. The van der Waals surface area contributed by atoms with Crippen LogP contribution in [0.2, 0.25) is 0 Å². The standard InChI is InChI=1S/C15H13NO5/c17-13(8-11-4-2-1-3-5-11)16-14(18)10-21-15(19)12-6-7-20-9-12/h1-7,9H,8,10H2,(H,16,17,18). The van der Waals surface area contributed by atoms with Crippen molar-refractivity contribution in [3.05, 3.63) is 60.1 Å². The zero-order chi connectivity index (χ0) is 15.1. The zero-order valence-electron chi connectivity index (χ0n) is 11.1. The van der Waals surface area contributed by atoms with Gasteiger partial charge < -0.3 is 9.15 Å². The van der Waals surface area contributed by atoms with E-state index in [2.05, 4.69) is 5.32 Å². The van der Waals surface area contributed by atoms with Crippen molar-refractivity contribution in [1.82, 2.24) is 5.32 Å². The lowest BCUT2D eigenvalue weighted by Gasteiger charge is -2.05. The van der Waals surface area contributed by atoms with E-state index in [1.807, 2.05) is 6.07 Å². The van der Waals surface area contributed by atoms with Crippen LogP contribution in [0, 0.1) is 0 Å². The number of carbonyl (C=O) groups excluding carboxylic acids is 3. The van der Waals surface area contributed by atoms with Gasteiger partial charge in [-0.2, -0.15) is 0 Å². The lowest BCUT2D eigenvalue weighted by molar-refractivity contribution is -0.132. The first-order chi connectivity index (χ1) is 10.1. The number of furan rings is 1. The van der Waals surface area contributed by atoms with E-state index >= 15 is 0 Å². The van der Waals surface area contributed by atoms with Crippen LogP contribution < -0.4 is 5.32 Å². The van der Waals surface area contributed by atoms with E-state index in [0.717, 1.165) is 5.56 Å². The third kappa shape index (κ3) is 4.61.